The van der Waals surface area contributed by atoms with Crippen LogP contribution in [0.15, 0.2) is 18.2 Å². The molecule has 1 saturated heterocycles. The topological polar surface area (TPSA) is 43.8 Å². The van der Waals surface area contributed by atoms with Gasteiger partial charge in [0.1, 0.15) is 0 Å². The highest BCUT2D eigenvalue weighted by Gasteiger charge is 2.42. The molecule has 21 heavy (non-hydrogen) atoms. The van der Waals surface area contributed by atoms with Crippen molar-refractivity contribution in [2.75, 3.05) is 27.2 Å². The Morgan fingerprint density at radius 3 is 2.81 bits per heavy atom. The zero-order valence-corrected chi connectivity index (χ0v) is 13.1. The number of hydrogen-bond donors (Lipinski definition) is 1. The fraction of sp³-hybridized carbons (Fsp3) is 0.588. The van der Waals surface area contributed by atoms with Crippen LogP contribution < -0.4 is 0 Å². The van der Waals surface area contributed by atoms with Gasteiger partial charge in [0.05, 0.1) is 5.56 Å². The van der Waals surface area contributed by atoms with Crippen molar-refractivity contribution in [1.29, 1.82) is 0 Å². The highest BCUT2D eigenvalue weighted by molar-refractivity contribution is 5.88. The van der Waals surface area contributed by atoms with Crippen LogP contribution in [-0.4, -0.2) is 54.1 Å². The molecule has 0 saturated carbocycles. The third kappa shape index (κ3) is 2.36. The molecule has 3 rings (SSSR count). The number of likely N-dealkylation sites (N-methyl/N-ethyl adjacent to an activating group) is 1. The van der Waals surface area contributed by atoms with Crippen LogP contribution in [0.25, 0.3) is 0 Å². The van der Waals surface area contributed by atoms with E-state index in [-0.39, 0.29) is 5.54 Å². The third-order valence-corrected chi connectivity index (χ3v) is 5.41. The number of fused-ring (bicyclic) bond motifs is 1. The second-order valence-electron chi connectivity index (χ2n) is 6.80. The molecule has 1 unspecified atom stereocenters. The SMILES string of the molecule is CN(C)[C@H]1CCN(C2(C)CCc3cc(C(=O)O)ccc32)C1. The highest BCUT2D eigenvalue weighted by Crippen LogP contribution is 2.43. The molecule has 0 amide bonds. The van der Waals surface area contributed by atoms with Gasteiger partial charge in [-0.2, -0.15) is 0 Å². The first-order chi connectivity index (χ1) is 9.91. The van der Waals surface area contributed by atoms with Gasteiger partial charge in [-0.05, 0) is 63.5 Å². The van der Waals surface area contributed by atoms with Crippen molar-refractivity contribution in [1.82, 2.24) is 9.80 Å². The van der Waals surface area contributed by atoms with E-state index in [9.17, 15) is 4.79 Å². The van der Waals surface area contributed by atoms with Crippen LogP contribution in [0.4, 0.5) is 0 Å². The smallest absolute Gasteiger partial charge is 0.335 e. The molecule has 1 N–H and O–H groups in total. The number of benzene rings is 1. The van der Waals surface area contributed by atoms with E-state index in [0.29, 0.717) is 11.6 Å². The van der Waals surface area contributed by atoms with Crippen LogP contribution in [0.1, 0.15) is 41.3 Å². The summed E-state index contributed by atoms with van der Waals surface area (Å²) in [7, 11) is 4.30. The number of aromatic carboxylic acids is 1. The van der Waals surface area contributed by atoms with E-state index in [1.54, 1.807) is 6.07 Å². The first kappa shape index (κ1) is 14.5. The van der Waals surface area contributed by atoms with Gasteiger partial charge in [-0.15, -0.1) is 0 Å². The fourth-order valence-electron chi connectivity index (χ4n) is 3.91. The van der Waals surface area contributed by atoms with E-state index < -0.39 is 5.97 Å². The zero-order chi connectivity index (χ0) is 15.2. The van der Waals surface area contributed by atoms with Gasteiger partial charge in [0.15, 0.2) is 0 Å². The zero-order valence-electron chi connectivity index (χ0n) is 13.1. The number of carbonyl (C=O) groups is 1. The van der Waals surface area contributed by atoms with Crippen molar-refractivity contribution in [3.8, 4) is 0 Å². The van der Waals surface area contributed by atoms with Crippen LogP contribution in [0.5, 0.6) is 0 Å². The van der Waals surface area contributed by atoms with Crippen molar-refractivity contribution >= 4 is 5.97 Å². The van der Waals surface area contributed by atoms with Crippen molar-refractivity contribution < 1.29 is 9.90 Å². The summed E-state index contributed by atoms with van der Waals surface area (Å²) in [6.45, 7) is 4.54. The summed E-state index contributed by atoms with van der Waals surface area (Å²) in [4.78, 5) is 16.0. The summed E-state index contributed by atoms with van der Waals surface area (Å²) in [6, 6.07) is 6.28. The molecule has 1 aromatic carbocycles. The summed E-state index contributed by atoms with van der Waals surface area (Å²) >= 11 is 0. The number of hydrogen-bond acceptors (Lipinski definition) is 3. The third-order valence-electron chi connectivity index (χ3n) is 5.41. The van der Waals surface area contributed by atoms with Crippen molar-refractivity contribution in [3.05, 3.63) is 34.9 Å². The van der Waals surface area contributed by atoms with Crippen LogP contribution >= 0.6 is 0 Å². The maximum absolute atomic E-state index is 11.1. The number of likely N-dealkylation sites (tertiary alicyclic amines) is 1. The Morgan fingerprint density at radius 1 is 1.43 bits per heavy atom. The molecule has 2 atom stereocenters. The lowest BCUT2D eigenvalue weighted by molar-refractivity contribution is 0.0696. The number of carboxylic acids is 1. The van der Waals surface area contributed by atoms with E-state index >= 15 is 0 Å². The Morgan fingerprint density at radius 2 is 2.19 bits per heavy atom. The average Bonchev–Trinajstić information content (AvgIpc) is 3.05. The average molecular weight is 288 g/mol. The lowest BCUT2D eigenvalue weighted by atomic mass is 9.91. The molecule has 0 spiro atoms. The van der Waals surface area contributed by atoms with Crippen molar-refractivity contribution in [2.45, 2.75) is 37.8 Å². The van der Waals surface area contributed by atoms with Gasteiger partial charge in [-0.25, -0.2) is 4.79 Å². The first-order valence-electron chi connectivity index (χ1n) is 7.70. The standard InChI is InChI=1S/C17H24N2O2/c1-17(19-9-7-14(11-19)18(2)3)8-6-12-10-13(16(20)21)4-5-15(12)17/h4-5,10,14H,6-9,11H2,1-3H3,(H,20,21)/t14-,17?/m0/s1. The minimum Gasteiger partial charge on any atom is -0.478 e. The summed E-state index contributed by atoms with van der Waals surface area (Å²) in [5, 5.41) is 9.14. The first-order valence-corrected chi connectivity index (χ1v) is 7.70. The van der Waals surface area contributed by atoms with E-state index in [1.807, 2.05) is 12.1 Å². The van der Waals surface area contributed by atoms with Gasteiger partial charge in [-0.1, -0.05) is 6.07 Å². The summed E-state index contributed by atoms with van der Waals surface area (Å²) in [5.74, 6) is -0.833. The molecule has 114 valence electrons. The van der Waals surface area contributed by atoms with Crippen molar-refractivity contribution in [2.24, 2.45) is 0 Å². The van der Waals surface area contributed by atoms with Crippen LogP contribution in [0, 0.1) is 0 Å². The molecule has 1 aliphatic heterocycles. The van der Waals surface area contributed by atoms with Gasteiger partial charge in [-0.3, -0.25) is 4.90 Å². The van der Waals surface area contributed by atoms with E-state index in [0.717, 1.165) is 25.9 Å². The molecule has 1 fully saturated rings. The van der Waals surface area contributed by atoms with E-state index in [1.165, 1.54) is 17.5 Å². The molecule has 1 heterocycles. The Bertz CT molecular complexity index is 570. The van der Waals surface area contributed by atoms with E-state index in [2.05, 4.69) is 30.8 Å². The monoisotopic (exact) mass is 288 g/mol. The maximum atomic E-state index is 11.1. The molecule has 4 heteroatoms. The van der Waals surface area contributed by atoms with Crippen LogP contribution in [0.3, 0.4) is 0 Å². The fourth-order valence-corrected chi connectivity index (χ4v) is 3.91. The number of carboxylic acid groups (broad SMARTS) is 1. The van der Waals surface area contributed by atoms with Crippen molar-refractivity contribution in [3.63, 3.8) is 0 Å². The molecule has 2 aliphatic rings. The number of aryl methyl sites for hydroxylation is 1. The highest BCUT2D eigenvalue weighted by atomic mass is 16.4. The predicted molar refractivity (Wildman–Crippen MR) is 82.7 cm³/mol. The lowest BCUT2D eigenvalue weighted by Crippen LogP contribution is -2.42. The minimum absolute atomic E-state index is 0.0666. The second kappa shape index (κ2) is 5.11. The van der Waals surface area contributed by atoms with Gasteiger partial charge in [0.2, 0.25) is 0 Å². The van der Waals surface area contributed by atoms with Gasteiger partial charge >= 0.3 is 5.97 Å². The lowest BCUT2D eigenvalue weighted by Gasteiger charge is -2.37. The largest absolute Gasteiger partial charge is 0.478 e. The number of rotatable bonds is 3. The molecule has 0 radical (unpaired) electrons. The summed E-state index contributed by atoms with van der Waals surface area (Å²) in [5.41, 5.74) is 3.01. The van der Waals surface area contributed by atoms with E-state index in [4.69, 9.17) is 5.11 Å². The Balaban J connectivity index is 1.88. The minimum atomic E-state index is -0.833. The number of nitrogens with zero attached hydrogens (tertiary/aromatic N) is 2. The van der Waals surface area contributed by atoms with Crippen LogP contribution in [0.2, 0.25) is 0 Å². The Hall–Kier alpha value is -1.39. The maximum Gasteiger partial charge on any atom is 0.335 e. The molecule has 0 aromatic heterocycles. The molecule has 0 bridgehead atoms. The quantitative estimate of drug-likeness (QED) is 0.926. The van der Waals surface area contributed by atoms with Gasteiger partial charge < -0.3 is 10.0 Å². The van der Waals surface area contributed by atoms with Gasteiger partial charge in [0.25, 0.3) is 0 Å². The second-order valence-corrected chi connectivity index (χ2v) is 6.80. The summed E-state index contributed by atoms with van der Waals surface area (Å²) in [6.07, 6.45) is 3.28. The van der Waals surface area contributed by atoms with Crippen LogP contribution in [-0.2, 0) is 12.0 Å². The molecular weight excluding hydrogens is 264 g/mol. The van der Waals surface area contributed by atoms with Gasteiger partial charge in [0, 0.05) is 24.7 Å². The molecule has 4 nitrogen and oxygen atoms in total. The molecule has 1 aromatic rings. The Labute approximate surface area is 126 Å². The predicted octanol–water partition coefficient (Wildman–Crippen LogP) is 2.18. The Kier molecular flexibility index (Phi) is 3.54. The molecular formula is C17H24N2O2. The summed E-state index contributed by atoms with van der Waals surface area (Å²) < 4.78 is 0. The normalized spacial score (nSPS) is 29.0. The molecule has 1 aliphatic carbocycles.